The Bertz CT molecular complexity index is 1150. The zero-order valence-corrected chi connectivity index (χ0v) is 18.2. The number of carbonyl (C=O) groups excluding carboxylic acids is 1. The Balaban J connectivity index is 1.95. The zero-order chi connectivity index (χ0) is 21.2. The van der Waals surface area contributed by atoms with Gasteiger partial charge in [-0.05, 0) is 48.6 Å². The van der Waals surface area contributed by atoms with E-state index in [1.165, 1.54) is 0 Å². The van der Waals surface area contributed by atoms with Gasteiger partial charge in [-0.2, -0.15) is 0 Å². The molecule has 1 heterocycles. The van der Waals surface area contributed by atoms with Gasteiger partial charge in [0.25, 0.3) is 5.91 Å². The van der Waals surface area contributed by atoms with Gasteiger partial charge in [0.15, 0.2) is 0 Å². The van der Waals surface area contributed by atoms with Crippen molar-refractivity contribution >= 4 is 38.6 Å². The van der Waals surface area contributed by atoms with Crippen LogP contribution >= 0.6 is 11.6 Å². The van der Waals surface area contributed by atoms with Crippen molar-refractivity contribution in [1.82, 2.24) is 14.7 Å². The number of aromatic amines is 1. The zero-order valence-electron chi connectivity index (χ0n) is 16.6. The molecule has 0 saturated heterocycles. The fraction of sp³-hybridized carbons (Fsp3) is 0.333. The summed E-state index contributed by atoms with van der Waals surface area (Å²) in [4.78, 5) is 20.3. The molecule has 1 amide bonds. The number of carbonyl (C=O) groups is 1. The van der Waals surface area contributed by atoms with Crippen LogP contribution in [0.15, 0.2) is 36.4 Å². The molecule has 2 aromatic carbocycles. The maximum atomic E-state index is 12.7. The Kier molecular flexibility index (Phi) is 6.29. The van der Waals surface area contributed by atoms with Gasteiger partial charge in [0.05, 0.1) is 16.8 Å². The minimum Gasteiger partial charge on any atom is -0.342 e. The van der Waals surface area contributed by atoms with Gasteiger partial charge in [-0.25, -0.2) is 18.1 Å². The van der Waals surface area contributed by atoms with E-state index >= 15 is 0 Å². The molecule has 3 rings (SSSR count). The monoisotopic (exact) mass is 433 g/mol. The van der Waals surface area contributed by atoms with Gasteiger partial charge in [-0.1, -0.05) is 43.6 Å². The van der Waals surface area contributed by atoms with Crippen LogP contribution in [0, 0.1) is 12.8 Å². The number of nitrogens with zero attached hydrogens (tertiary/aromatic N) is 1. The van der Waals surface area contributed by atoms with Gasteiger partial charge >= 0.3 is 0 Å². The predicted octanol–water partition coefficient (Wildman–Crippen LogP) is 4.22. The van der Waals surface area contributed by atoms with Crippen molar-refractivity contribution in [2.45, 2.75) is 33.6 Å². The third-order valence-corrected chi connectivity index (χ3v) is 6.24. The minimum atomic E-state index is -3.70. The first-order chi connectivity index (χ1) is 13.6. The number of rotatable bonds is 7. The topological polar surface area (TPSA) is 91.9 Å². The van der Waals surface area contributed by atoms with Crippen molar-refractivity contribution in [1.29, 1.82) is 0 Å². The minimum absolute atomic E-state index is 0.0890. The molecule has 0 radical (unpaired) electrons. The van der Waals surface area contributed by atoms with E-state index in [0.717, 1.165) is 16.6 Å². The molecule has 3 aromatic rings. The van der Waals surface area contributed by atoms with Gasteiger partial charge in [-0.3, -0.25) is 4.79 Å². The number of hydrogen-bond donors (Lipinski definition) is 2. The average Bonchev–Trinajstić information content (AvgIpc) is 3.02. The van der Waals surface area contributed by atoms with Crippen molar-refractivity contribution in [3.05, 3.63) is 63.9 Å². The van der Waals surface area contributed by atoms with Crippen LogP contribution in [0.2, 0.25) is 5.02 Å². The lowest BCUT2D eigenvalue weighted by molar-refractivity contribution is 0.0981. The summed E-state index contributed by atoms with van der Waals surface area (Å²) in [7, 11) is -3.70. The average molecular weight is 434 g/mol. The van der Waals surface area contributed by atoms with Crippen molar-refractivity contribution in [3.8, 4) is 0 Å². The molecular formula is C21H24ClN3O3S. The van der Waals surface area contributed by atoms with Gasteiger partial charge in [0.2, 0.25) is 10.0 Å². The van der Waals surface area contributed by atoms with E-state index in [1.54, 1.807) is 12.1 Å². The highest BCUT2D eigenvalue weighted by Crippen LogP contribution is 2.25. The number of aryl methyl sites for hydroxylation is 1. The summed E-state index contributed by atoms with van der Waals surface area (Å²) in [5, 5.41) is 0.624. The van der Waals surface area contributed by atoms with Crippen LogP contribution in [0.25, 0.3) is 11.0 Å². The highest BCUT2D eigenvalue weighted by atomic mass is 35.5. The molecule has 0 aliphatic rings. The third kappa shape index (κ3) is 5.36. The van der Waals surface area contributed by atoms with Crippen LogP contribution in [-0.4, -0.2) is 30.0 Å². The number of fused-ring (bicyclic) bond motifs is 1. The van der Waals surface area contributed by atoms with E-state index < -0.39 is 15.9 Å². The second-order valence-corrected chi connectivity index (χ2v) is 9.80. The standard InChI is InChI=1S/C21H24ClN3O3S/c1-13(2)8-9-29(27,28)25-21(26)17-11-16(10-15-6-4-5-7-18(15)22)20-19(12-17)23-14(3)24-20/h4-7,11-13H,8-10H2,1-3H3,(H,23,24)(H,25,26). The molecule has 0 aliphatic carbocycles. The molecule has 0 spiro atoms. The first kappa shape index (κ1) is 21.3. The molecular weight excluding hydrogens is 410 g/mol. The Morgan fingerprint density at radius 1 is 1.21 bits per heavy atom. The molecule has 6 nitrogen and oxygen atoms in total. The molecule has 0 fully saturated rings. The lowest BCUT2D eigenvalue weighted by Gasteiger charge is -2.10. The normalized spacial score (nSPS) is 11.9. The van der Waals surface area contributed by atoms with Crippen LogP contribution in [0.5, 0.6) is 0 Å². The predicted molar refractivity (Wildman–Crippen MR) is 116 cm³/mol. The Morgan fingerprint density at radius 3 is 2.62 bits per heavy atom. The Hall–Kier alpha value is -2.38. The molecule has 0 unspecified atom stereocenters. The van der Waals surface area contributed by atoms with Gasteiger partial charge in [0.1, 0.15) is 5.82 Å². The summed E-state index contributed by atoms with van der Waals surface area (Å²) in [6, 6.07) is 10.8. The molecule has 154 valence electrons. The highest BCUT2D eigenvalue weighted by molar-refractivity contribution is 7.90. The van der Waals surface area contributed by atoms with Gasteiger partial charge in [0, 0.05) is 17.0 Å². The van der Waals surface area contributed by atoms with Crippen molar-refractivity contribution in [2.75, 3.05) is 5.75 Å². The molecule has 29 heavy (non-hydrogen) atoms. The van der Waals surface area contributed by atoms with E-state index in [4.69, 9.17) is 11.6 Å². The van der Waals surface area contributed by atoms with Crippen LogP contribution < -0.4 is 4.72 Å². The van der Waals surface area contributed by atoms with Crippen LogP contribution in [0.4, 0.5) is 0 Å². The second-order valence-electron chi connectivity index (χ2n) is 7.55. The largest absolute Gasteiger partial charge is 0.342 e. The van der Waals surface area contributed by atoms with E-state index in [1.807, 2.05) is 45.0 Å². The number of aromatic nitrogens is 2. The summed E-state index contributed by atoms with van der Waals surface area (Å²) in [6.07, 6.45) is 0.959. The number of nitrogens with one attached hydrogen (secondary N) is 2. The number of benzene rings is 2. The summed E-state index contributed by atoms with van der Waals surface area (Å²) in [5.41, 5.74) is 3.37. The second kappa shape index (κ2) is 8.55. The van der Waals surface area contributed by atoms with Crippen LogP contribution in [0.3, 0.4) is 0 Å². The fourth-order valence-electron chi connectivity index (χ4n) is 3.07. The van der Waals surface area contributed by atoms with Crippen molar-refractivity contribution < 1.29 is 13.2 Å². The molecule has 0 aliphatic heterocycles. The molecule has 8 heteroatoms. The lowest BCUT2D eigenvalue weighted by atomic mass is 10.0. The summed E-state index contributed by atoms with van der Waals surface area (Å²) in [5.74, 6) is 0.202. The number of amides is 1. The maximum absolute atomic E-state index is 12.7. The molecule has 1 aromatic heterocycles. The van der Waals surface area contributed by atoms with Gasteiger partial charge < -0.3 is 4.98 Å². The van der Waals surface area contributed by atoms with E-state index in [9.17, 15) is 13.2 Å². The molecule has 0 saturated carbocycles. The molecule has 0 atom stereocenters. The maximum Gasteiger partial charge on any atom is 0.264 e. The number of imidazole rings is 1. The molecule has 0 bridgehead atoms. The smallest absolute Gasteiger partial charge is 0.264 e. The van der Waals surface area contributed by atoms with E-state index in [-0.39, 0.29) is 17.2 Å². The molecule has 2 N–H and O–H groups in total. The SMILES string of the molecule is Cc1nc2c(Cc3ccccc3Cl)cc(C(=O)NS(=O)(=O)CCC(C)C)cc2[nH]1. The number of halogens is 1. The number of H-pyrrole nitrogens is 1. The van der Waals surface area contributed by atoms with Gasteiger partial charge in [-0.15, -0.1) is 0 Å². The fourth-order valence-corrected chi connectivity index (χ4v) is 4.55. The van der Waals surface area contributed by atoms with Crippen molar-refractivity contribution in [2.24, 2.45) is 5.92 Å². The summed E-state index contributed by atoms with van der Waals surface area (Å²) in [6.45, 7) is 5.70. The lowest BCUT2D eigenvalue weighted by Crippen LogP contribution is -2.33. The highest BCUT2D eigenvalue weighted by Gasteiger charge is 2.19. The third-order valence-electron chi connectivity index (χ3n) is 4.60. The Morgan fingerprint density at radius 2 is 1.93 bits per heavy atom. The quantitative estimate of drug-likeness (QED) is 0.583. The van der Waals surface area contributed by atoms with Crippen LogP contribution in [-0.2, 0) is 16.4 Å². The first-order valence-corrected chi connectivity index (χ1v) is 11.4. The van der Waals surface area contributed by atoms with E-state index in [0.29, 0.717) is 29.2 Å². The van der Waals surface area contributed by atoms with E-state index in [2.05, 4.69) is 14.7 Å². The summed E-state index contributed by atoms with van der Waals surface area (Å²) >= 11 is 6.29. The van der Waals surface area contributed by atoms with Crippen LogP contribution in [0.1, 0.15) is 47.6 Å². The van der Waals surface area contributed by atoms with Crippen molar-refractivity contribution in [3.63, 3.8) is 0 Å². The first-order valence-electron chi connectivity index (χ1n) is 9.42. The number of sulfonamides is 1. The number of hydrogen-bond acceptors (Lipinski definition) is 4. The Labute approximate surface area is 175 Å². The summed E-state index contributed by atoms with van der Waals surface area (Å²) < 4.78 is 26.6.